The van der Waals surface area contributed by atoms with Crippen LogP contribution in [0, 0.1) is 0 Å². The van der Waals surface area contributed by atoms with E-state index in [0.29, 0.717) is 17.0 Å². The van der Waals surface area contributed by atoms with E-state index in [1.54, 1.807) is 24.3 Å². The highest BCUT2D eigenvalue weighted by Crippen LogP contribution is 2.36. The molecule has 3 N–H and O–H groups in total. The van der Waals surface area contributed by atoms with E-state index >= 15 is 0 Å². The Hall–Kier alpha value is -3.23. The maximum Gasteiger partial charge on any atom is 0.430 e. The molecule has 0 saturated carbocycles. The Morgan fingerprint density at radius 3 is 2.77 bits per heavy atom. The Morgan fingerprint density at radius 1 is 1.23 bits per heavy atom. The van der Waals surface area contributed by atoms with Crippen LogP contribution in [-0.4, -0.2) is 23.8 Å². The summed E-state index contributed by atoms with van der Waals surface area (Å²) in [6.45, 7) is -0.204. The van der Waals surface area contributed by atoms with E-state index in [1.165, 1.54) is 0 Å². The number of hydrogen-bond acceptors (Lipinski definition) is 5. The van der Waals surface area contributed by atoms with Gasteiger partial charge in [0.15, 0.2) is 0 Å². The zero-order valence-corrected chi connectivity index (χ0v) is 16.0. The molecule has 2 aromatic rings. The van der Waals surface area contributed by atoms with Gasteiger partial charge in [0.2, 0.25) is 5.91 Å². The van der Waals surface area contributed by atoms with E-state index in [4.69, 9.17) is 15.0 Å². The number of carbonyl (C=O) groups excluding carboxylic acids is 1. The van der Waals surface area contributed by atoms with Gasteiger partial charge in [0, 0.05) is 29.7 Å². The molecule has 0 atom stereocenters. The largest absolute Gasteiger partial charge is 0.487 e. The number of allylic oxidation sites excluding steroid dienone is 3. The van der Waals surface area contributed by atoms with Crippen LogP contribution in [0.15, 0.2) is 46.1 Å². The first-order valence-corrected chi connectivity index (χ1v) is 9.59. The van der Waals surface area contributed by atoms with E-state index in [9.17, 15) is 18.0 Å². The zero-order valence-electron chi connectivity index (χ0n) is 16.0. The molecular weight excluding hydrogens is 399 g/mol. The number of nitrogens with two attached hydrogens (primary N) is 1. The lowest BCUT2D eigenvalue weighted by Crippen LogP contribution is -2.34. The molecule has 0 saturated heterocycles. The van der Waals surface area contributed by atoms with Crippen LogP contribution in [-0.2, 0) is 24.2 Å². The number of carbonyl (C=O) groups is 1. The van der Waals surface area contributed by atoms with Crippen molar-refractivity contribution in [3.63, 3.8) is 0 Å². The minimum atomic E-state index is -4.58. The topological polar surface area (TPSA) is 90.4 Å². The third kappa shape index (κ3) is 3.92. The highest BCUT2D eigenvalue weighted by atomic mass is 19.4. The van der Waals surface area contributed by atoms with Crippen LogP contribution in [0.4, 0.5) is 13.2 Å². The molecule has 9 heteroatoms. The molecule has 1 aromatic heterocycles. The monoisotopic (exact) mass is 419 g/mol. The van der Waals surface area contributed by atoms with Gasteiger partial charge in [-0.05, 0) is 37.0 Å². The van der Waals surface area contributed by atoms with Crippen molar-refractivity contribution in [2.24, 2.45) is 5.73 Å². The minimum Gasteiger partial charge on any atom is -0.487 e. The fourth-order valence-corrected chi connectivity index (χ4v) is 3.73. The molecule has 1 amide bonds. The quantitative estimate of drug-likeness (QED) is 0.775. The molecule has 4 rings (SSSR count). The van der Waals surface area contributed by atoms with Crippen molar-refractivity contribution in [1.29, 1.82) is 0 Å². The number of fused-ring (bicyclic) bond motifs is 1. The van der Waals surface area contributed by atoms with Gasteiger partial charge in [-0.25, -0.2) is 0 Å². The third-order valence-electron chi connectivity index (χ3n) is 5.25. The summed E-state index contributed by atoms with van der Waals surface area (Å²) in [5, 5.41) is 6.30. The Bertz CT molecular complexity index is 1040. The van der Waals surface area contributed by atoms with Crippen molar-refractivity contribution >= 4 is 11.5 Å². The Labute approximate surface area is 170 Å². The maximum atomic E-state index is 13.2. The highest BCUT2D eigenvalue weighted by molar-refractivity contribution is 6.04. The molecule has 158 valence electrons. The van der Waals surface area contributed by atoms with Crippen molar-refractivity contribution < 1.29 is 27.2 Å². The fraction of sp³-hybridized carbons (Fsp3) is 0.333. The van der Waals surface area contributed by atoms with Gasteiger partial charge in [0.25, 0.3) is 0 Å². The Kier molecular flexibility index (Phi) is 5.27. The van der Waals surface area contributed by atoms with Crippen LogP contribution in [0.2, 0.25) is 0 Å². The van der Waals surface area contributed by atoms with Crippen LogP contribution in [0.1, 0.15) is 35.4 Å². The van der Waals surface area contributed by atoms with E-state index in [1.807, 2.05) is 0 Å². The summed E-state index contributed by atoms with van der Waals surface area (Å²) in [5.74, 6) is 0.400. The Balaban J connectivity index is 1.67. The summed E-state index contributed by atoms with van der Waals surface area (Å²) in [7, 11) is 0. The number of benzene rings is 1. The summed E-state index contributed by atoms with van der Waals surface area (Å²) in [6, 6.07) is 6.60. The van der Waals surface area contributed by atoms with E-state index in [-0.39, 0.29) is 24.3 Å². The second kappa shape index (κ2) is 7.89. The number of aromatic nitrogens is 1. The van der Waals surface area contributed by atoms with Gasteiger partial charge in [0.05, 0.1) is 0 Å². The predicted octanol–water partition coefficient (Wildman–Crippen LogP) is 3.42. The molecule has 6 nitrogen and oxygen atoms in total. The second-order valence-corrected chi connectivity index (χ2v) is 7.19. The van der Waals surface area contributed by atoms with Gasteiger partial charge in [-0.15, -0.1) is 0 Å². The number of dihydropyridines is 1. The van der Waals surface area contributed by atoms with Crippen LogP contribution in [0.25, 0.3) is 5.57 Å². The van der Waals surface area contributed by atoms with Gasteiger partial charge in [-0.2, -0.15) is 13.2 Å². The number of aryl methyl sites for hydroxylation is 1. The third-order valence-corrected chi connectivity index (χ3v) is 5.25. The lowest BCUT2D eigenvalue weighted by atomic mass is 9.94. The molecule has 30 heavy (non-hydrogen) atoms. The summed E-state index contributed by atoms with van der Waals surface area (Å²) >= 11 is 0. The molecule has 0 spiro atoms. The second-order valence-electron chi connectivity index (χ2n) is 7.19. The average molecular weight is 419 g/mol. The number of amides is 1. The molecule has 1 aromatic carbocycles. The molecule has 0 bridgehead atoms. The Morgan fingerprint density at radius 2 is 2.00 bits per heavy atom. The van der Waals surface area contributed by atoms with Crippen molar-refractivity contribution in [2.45, 2.75) is 38.5 Å². The van der Waals surface area contributed by atoms with E-state index < -0.39 is 17.8 Å². The lowest BCUT2D eigenvalue weighted by Gasteiger charge is -2.23. The first kappa shape index (κ1) is 20.1. The standard InChI is InChI=1S/C21H20F3N3O3/c22-21(23,24)19-9-14(15(10-26-19)20(25)28)12-5-1-3-7-17(12)29-11-16-13-6-2-4-8-18(13)30-27-16/h1,3,5,7,9,26H,2,4,6,8,10-11H2,(H2,25,28). The van der Waals surface area contributed by atoms with Gasteiger partial charge in [0.1, 0.15) is 29.5 Å². The maximum absolute atomic E-state index is 13.2. The smallest absolute Gasteiger partial charge is 0.430 e. The van der Waals surface area contributed by atoms with Crippen molar-refractivity contribution in [3.8, 4) is 5.75 Å². The normalized spacial score (nSPS) is 16.6. The molecule has 0 unspecified atom stereocenters. The van der Waals surface area contributed by atoms with E-state index in [2.05, 4.69) is 10.5 Å². The molecular formula is C21H20F3N3O3. The zero-order chi connectivity index (χ0) is 21.3. The number of alkyl halides is 3. The minimum absolute atomic E-state index is 0.0536. The number of rotatable bonds is 5. The number of primary amides is 1. The molecule has 2 aliphatic rings. The van der Waals surface area contributed by atoms with Crippen molar-refractivity contribution in [3.05, 3.63) is 64.2 Å². The van der Waals surface area contributed by atoms with Crippen LogP contribution < -0.4 is 15.8 Å². The number of halogens is 3. The van der Waals surface area contributed by atoms with Crippen LogP contribution in [0.3, 0.4) is 0 Å². The number of nitrogens with zero attached hydrogens (tertiary/aromatic N) is 1. The summed E-state index contributed by atoms with van der Waals surface area (Å²) in [4.78, 5) is 11.9. The summed E-state index contributed by atoms with van der Waals surface area (Å²) < 4.78 is 51.0. The number of ether oxygens (including phenoxy) is 1. The first-order chi connectivity index (χ1) is 14.3. The predicted molar refractivity (Wildman–Crippen MR) is 102 cm³/mol. The van der Waals surface area contributed by atoms with Gasteiger partial charge < -0.3 is 20.3 Å². The van der Waals surface area contributed by atoms with E-state index in [0.717, 1.165) is 43.1 Å². The molecule has 0 fully saturated rings. The average Bonchev–Trinajstić information content (AvgIpc) is 3.14. The first-order valence-electron chi connectivity index (χ1n) is 9.59. The summed E-state index contributed by atoms with van der Waals surface area (Å²) in [5.41, 5.74) is 6.69. The number of hydrogen-bond donors (Lipinski definition) is 2. The van der Waals surface area contributed by atoms with Gasteiger partial charge in [-0.3, -0.25) is 4.79 Å². The van der Waals surface area contributed by atoms with Crippen LogP contribution >= 0.6 is 0 Å². The van der Waals surface area contributed by atoms with Crippen LogP contribution in [0.5, 0.6) is 5.75 Å². The molecule has 0 radical (unpaired) electrons. The molecule has 1 aliphatic carbocycles. The molecule has 1 aliphatic heterocycles. The lowest BCUT2D eigenvalue weighted by molar-refractivity contribution is -0.115. The summed E-state index contributed by atoms with van der Waals surface area (Å²) in [6.07, 6.45) is 0.112. The van der Waals surface area contributed by atoms with Crippen molar-refractivity contribution in [2.75, 3.05) is 6.54 Å². The SMILES string of the molecule is NC(=O)C1=C(c2ccccc2OCc2noc3c2CCCC3)C=C(C(F)(F)F)NC1. The van der Waals surface area contributed by atoms with Gasteiger partial charge >= 0.3 is 6.18 Å². The fourth-order valence-electron chi connectivity index (χ4n) is 3.73. The number of nitrogens with one attached hydrogen (secondary N) is 1. The number of para-hydroxylation sites is 1. The van der Waals surface area contributed by atoms with Crippen molar-refractivity contribution in [1.82, 2.24) is 10.5 Å². The molecule has 2 heterocycles. The van der Waals surface area contributed by atoms with Gasteiger partial charge in [-0.1, -0.05) is 23.4 Å². The highest BCUT2D eigenvalue weighted by Gasteiger charge is 2.37.